The number of carbonyl (C=O) groups excluding carboxylic acids is 2. The molecule has 1 N–H and O–H groups in total. The summed E-state index contributed by atoms with van der Waals surface area (Å²) in [4.78, 5) is 29.6. The zero-order chi connectivity index (χ0) is 21.1. The van der Waals surface area contributed by atoms with E-state index in [9.17, 15) is 9.59 Å². The first-order valence-corrected chi connectivity index (χ1v) is 10.4. The highest BCUT2D eigenvalue weighted by atomic mass is 16.2. The highest BCUT2D eigenvalue weighted by Gasteiger charge is 2.24. The summed E-state index contributed by atoms with van der Waals surface area (Å²) >= 11 is 0. The number of amides is 2. The molecular formula is C25H27N3O2. The molecule has 1 saturated heterocycles. The number of nitrogens with zero attached hydrogens (tertiary/aromatic N) is 2. The third kappa shape index (κ3) is 4.21. The lowest BCUT2D eigenvalue weighted by Gasteiger charge is -2.34. The van der Waals surface area contributed by atoms with Crippen molar-refractivity contribution in [1.29, 1.82) is 0 Å². The first-order chi connectivity index (χ1) is 14.5. The summed E-state index contributed by atoms with van der Waals surface area (Å²) in [5, 5.41) is 5.11. The van der Waals surface area contributed by atoms with Gasteiger partial charge in [0.2, 0.25) is 5.91 Å². The predicted molar refractivity (Wildman–Crippen MR) is 121 cm³/mol. The largest absolute Gasteiger partial charge is 0.336 e. The van der Waals surface area contributed by atoms with Gasteiger partial charge in [-0.15, -0.1) is 0 Å². The summed E-state index contributed by atoms with van der Waals surface area (Å²) in [7, 11) is 0. The van der Waals surface area contributed by atoms with Gasteiger partial charge in [0, 0.05) is 37.4 Å². The van der Waals surface area contributed by atoms with Crippen molar-refractivity contribution in [2.24, 2.45) is 0 Å². The van der Waals surface area contributed by atoms with E-state index >= 15 is 0 Å². The molecule has 0 spiro atoms. The Bertz CT molecular complexity index is 1060. The Morgan fingerprint density at radius 2 is 1.47 bits per heavy atom. The minimum absolute atomic E-state index is 0.0128. The summed E-state index contributed by atoms with van der Waals surface area (Å²) in [6.07, 6.45) is 0. The van der Waals surface area contributed by atoms with Gasteiger partial charge in [-0.1, -0.05) is 54.6 Å². The number of piperazine rings is 1. The van der Waals surface area contributed by atoms with Crippen LogP contribution >= 0.6 is 0 Å². The highest BCUT2D eigenvalue weighted by Crippen LogP contribution is 2.21. The van der Waals surface area contributed by atoms with E-state index in [2.05, 4.69) is 10.2 Å². The van der Waals surface area contributed by atoms with Crippen molar-refractivity contribution in [2.75, 3.05) is 38.0 Å². The zero-order valence-electron chi connectivity index (χ0n) is 17.5. The number of benzene rings is 3. The van der Waals surface area contributed by atoms with Gasteiger partial charge in [0.15, 0.2) is 0 Å². The summed E-state index contributed by atoms with van der Waals surface area (Å²) < 4.78 is 0. The molecular weight excluding hydrogens is 374 g/mol. The molecule has 1 aliphatic rings. The number of rotatable bonds is 4. The third-order valence-electron chi connectivity index (χ3n) is 5.79. The van der Waals surface area contributed by atoms with Gasteiger partial charge in [-0.3, -0.25) is 14.5 Å². The van der Waals surface area contributed by atoms with Crippen LogP contribution in [0.25, 0.3) is 10.8 Å². The molecule has 1 fully saturated rings. The molecule has 0 bridgehead atoms. The first-order valence-electron chi connectivity index (χ1n) is 10.4. The molecule has 0 aliphatic carbocycles. The molecule has 1 heterocycles. The van der Waals surface area contributed by atoms with E-state index in [1.54, 1.807) is 0 Å². The molecule has 2 amide bonds. The Labute approximate surface area is 177 Å². The maximum atomic E-state index is 13.1. The Morgan fingerprint density at radius 1 is 0.833 bits per heavy atom. The smallest absolute Gasteiger partial charge is 0.254 e. The number of aryl methyl sites for hydroxylation is 2. The lowest BCUT2D eigenvalue weighted by molar-refractivity contribution is -0.117. The summed E-state index contributed by atoms with van der Waals surface area (Å²) in [5.74, 6) is 0.0488. The van der Waals surface area contributed by atoms with Crippen molar-refractivity contribution in [2.45, 2.75) is 13.8 Å². The van der Waals surface area contributed by atoms with Crippen molar-refractivity contribution >= 4 is 28.3 Å². The number of anilines is 1. The molecule has 0 radical (unpaired) electrons. The predicted octanol–water partition coefficient (Wildman–Crippen LogP) is 3.85. The van der Waals surface area contributed by atoms with Crippen LogP contribution in [-0.2, 0) is 4.79 Å². The molecule has 0 unspecified atom stereocenters. The molecule has 4 rings (SSSR count). The standard InChI is InChI=1S/C25H27N3O2/c1-18-7-5-8-19(2)24(18)26-23(29)17-27-13-15-28(16-14-27)25(30)22-12-6-10-20-9-3-4-11-21(20)22/h3-12H,13-17H2,1-2H3,(H,26,29). The molecule has 5 heteroatoms. The van der Waals surface area contributed by atoms with E-state index in [1.807, 2.05) is 79.4 Å². The second-order valence-electron chi connectivity index (χ2n) is 7.91. The number of nitrogens with one attached hydrogen (secondary N) is 1. The highest BCUT2D eigenvalue weighted by molar-refractivity contribution is 6.07. The van der Waals surface area contributed by atoms with Gasteiger partial charge in [-0.2, -0.15) is 0 Å². The van der Waals surface area contributed by atoms with Gasteiger partial charge in [0.05, 0.1) is 6.54 Å². The number of hydrogen-bond donors (Lipinski definition) is 1. The first kappa shape index (κ1) is 20.1. The van der Waals surface area contributed by atoms with E-state index < -0.39 is 0 Å². The van der Waals surface area contributed by atoms with Crippen LogP contribution in [-0.4, -0.2) is 54.3 Å². The maximum Gasteiger partial charge on any atom is 0.254 e. The molecule has 0 saturated carbocycles. The number of fused-ring (bicyclic) bond motifs is 1. The molecule has 0 atom stereocenters. The van der Waals surface area contributed by atoms with E-state index in [0.29, 0.717) is 32.7 Å². The van der Waals surface area contributed by atoms with Crippen molar-refractivity contribution < 1.29 is 9.59 Å². The van der Waals surface area contributed by atoms with Gasteiger partial charge in [-0.25, -0.2) is 0 Å². The second kappa shape index (κ2) is 8.67. The Morgan fingerprint density at radius 3 is 2.20 bits per heavy atom. The Hall–Kier alpha value is -3.18. The molecule has 3 aromatic rings. The van der Waals surface area contributed by atoms with Crippen molar-refractivity contribution in [3.63, 3.8) is 0 Å². The average molecular weight is 402 g/mol. The fourth-order valence-corrected chi connectivity index (χ4v) is 4.08. The summed E-state index contributed by atoms with van der Waals surface area (Å²) in [5.41, 5.74) is 3.77. The van der Waals surface area contributed by atoms with Gasteiger partial charge in [0.1, 0.15) is 0 Å². The monoisotopic (exact) mass is 401 g/mol. The van der Waals surface area contributed by atoms with Crippen LogP contribution in [0, 0.1) is 13.8 Å². The van der Waals surface area contributed by atoms with Crippen LogP contribution in [0.1, 0.15) is 21.5 Å². The molecule has 30 heavy (non-hydrogen) atoms. The zero-order valence-corrected chi connectivity index (χ0v) is 17.5. The number of carbonyl (C=O) groups is 2. The molecule has 3 aromatic carbocycles. The minimum atomic E-state index is -0.0128. The quantitative estimate of drug-likeness (QED) is 0.722. The Kier molecular flexibility index (Phi) is 5.81. The van der Waals surface area contributed by atoms with Crippen molar-refractivity contribution in [1.82, 2.24) is 9.80 Å². The van der Waals surface area contributed by atoms with Crippen molar-refractivity contribution in [3.05, 3.63) is 77.4 Å². The van der Waals surface area contributed by atoms with Crippen LogP contribution in [0.3, 0.4) is 0 Å². The molecule has 154 valence electrons. The third-order valence-corrected chi connectivity index (χ3v) is 5.79. The lowest BCUT2D eigenvalue weighted by atomic mass is 10.0. The van der Waals surface area contributed by atoms with Crippen LogP contribution in [0.15, 0.2) is 60.7 Å². The molecule has 1 aliphatic heterocycles. The van der Waals surface area contributed by atoms with E-state index in [-0.39, 0.29) is 11.8 Å². The van der Waals surface area contributed by atoms with Crippen molar-refractivity contribution in [3.8, 4) is 0 Å². The van der Waals surface area contributed by atoms with Gasteiger partial charge < -0.3 is 10.2 Å². The number of para-hydroxylation sites is 1. The fourth-order valence-electron chi connectivity index (χ4n) is 4.08. The molecule has 5 nitrogen and oxygen atoms in total. The topological polar surface area (TPSA) is 52.7 Å². The summed E-state index contributed by atoms with van der Waals surface area (Å²) in [6.45, 7) is 6.97. The maximum absolute atomic E-state index is 13.1. The SMILES string of the molecule is Cc1cccc(C)c1NC(=O)CN1CCN(C(=O)c2cccc3ccccc23)CC1. The van der Waals surface area contributed by atoms with Gasteiger partial charge in [0.25, 0.3) is 5.91 Å². The van der Waals surface area contributed by atoms with Crippen LogP contribution in [0.5, 0.6) is 0 Å². The van der Waals surface area contributed by atoms with E-state index in [4.69, 9.17) is 0 Å². The fraction of sp³-hybridized carbons (Fsp3) is 0.280. The normalized spacial score (nSPS) is 14.7. The number of hydrogen-bond acceptors (Lipinski definition) is 3. The minimum Gasteiger partial charge on any atom is -0.336 e. The van der Waals surface area contributed by atoms with E-state index in [0.717, 1.165) is 33.2 Å². The van der Waals surface area contributed by atoms with E-state index in [1.165, 1.54) is 0 Å². The lowest BCUT2D eigenvalue weighted by Crippen LogP contribution is -2.50. The van der Waals surface area contributed by atoms with Gasteiger partial charge >= 0.3 is 0 Å². The summed E-state index contributed by atoms with van der Waals surface area (Å²) in [6, 6.07) is 19.8. The Balaban J connectivity index is 1.36. The molecule has 0 aromatic heterocycles. The second-order valence-corrected chi connectivity index (χ2v) is 7.91. The van der Waals surface area contributed by atoms with Gasteiger partial charge in [-0.05, 0) is 41.8 Å². The van der Waals surface area contributed by atoms with Crippen LogP contribution < -0.4 is 5.32 Å². The van der Waals surface area contributed by atoms with Crippen LogP contribution in [0.4, 0.5) is 5.69 Å². The van der Waals surface area contributed by atoms with Crippen LogP contribution in [0.2, 0.25) is 0 Å². The average Bonchev–Trinajstić information content (AvgIpc) is 2.76.